The van der Waals surface area contributed by atoms with E-state index in [0.717, 1.165) is 6.42 Å². The number of carbonyl (C=O) groups excluding carboxylic acids is 2. The van der Waals surface area contributed by atoms with E-state index in [-0.39, 0.29) is 24.5 Å². The van der Waals surface area contributed by atoms with Crippen LogP contribution in [0, 0.1) is 0 Å². The molecular weight excluding hydrogens is 410 g/mol. The number of methoxy groups -OCH3 is 1. The summed E-state index contributed by atoms with van der Waals surface area (Å²) in [7, 11) is 1.53. The van der Waals surface area contributed by atoms with E-state index in [2.05, 4.69) is 0 Å². The largest absolute Gasteiger partial charge is 0.507 e. The van der Waals surface area contributed by atoms with E-state index in [1.807, 2.05) is 26.0 Å². The molecule has 1 aliphatic heterocycles. The van der Waals surface area contributed by atoms with E-state index in [0.29, 0.717) is 35.8 Å². The average molecular weight is 440 g/mol. The summed E-state index contributed by atoms with van der Waals surface area (Å²) in [4.78, 5) is 27.3. The van der Waals surface area contributed by atoms with Crippen molar-refractivity contribution in [1.29, 1.82) is 0 Å². The van der Waals surface area contributed by atoms with Crippen LogP contribution in [0.25, 0.3) is 5.76 Å². The Morgan fingerprint density at radius 1 is 1.00 bits per heavy atom. The number of ketones is 1. The maximum absolute atomic E-state index is 13.0. The molecule has 1 amide bonds. The third kappa shape index (κ3) is 4.94. The molecule has 0 spiro atoms. The molecule has 0 radical (unpaired) electrons. The minimum Gasteiger partial charge on any atom is -0.507 e. The minimum absolute atomic E-state index is 0.0435. The molecule has 32 heavy (non-hydrogen) atoms. The molecule has 2 aromatic carbocycles. The second kappa shape index (κ2) is 10.8. The lowest BCUT2D eigenvalue weighted by atomic mass is 9.95. The first-order chi connectivity index (χ1) is 15.5. The van der Waals surface area contributed by atoms with Crippen LogP contribution in [0.4, 0.5) is 0 Å². The predicted molar refractivity (Wildman–Crippen MR) is 121 cm³/mol. The van der Waals surface area contributed by atoms with Crippen molar-refractivity contribution in [3.8, 4) is 11.5 Å². The first-order valence-electron chi connectivity index (χ1n) is 10.7. The quantitative estimate of drug-likeness (QED) is 0.343. The predicted octanol–water partition coefficient (Wildman–Crippen LogP) is 3.94. The number of carbonyl (C=O) groups is 2. The minimum atomic E-state index is -0.735. The second-order valence-corrected chi connectivity index (χ2v) is 7.36. The van der Waals surface area contributed by atoms with Crippen LogP contribution in [0.15, 0.2) is 54.1 Å². The average Bonchev–Trinajstić information content (AvgIpc) is 3.06. The number of aliphatic hydroxyl groups excluding tert-OH is 1. The van der Waals surface area contributed by atoms with E-state index in [1.165, 1.54) is 12.0 Å². The Hall–Kier alpha value is -3.32. The maximum atomic E-state index is 13.0. The fraction of sp³-hybridized carbons (Fsp3) is 0.360. The van der Waals surface area contributed by atoms with Gasteiger partial charge >= 0.3 is 0 Å². The van der Waals surface area contributed by atoms with Gasteiger partial charge in [-0.2, -0.15) is 0 Å². The SMILES string of the molecule is CCCOc1ccc(C2C(=C(O)c3cccc(OCC)c3)C(=O)C(=O)N2CCOC)cc1. The third-order valence-electron chi connectivity index (χ3n) is 5.16. The van der Waals surface area contributed by atoms with Gasteiger partial charge in [0.15, 0.2) is 0 Å². The summed E-state index contributed by atoms with van der Waals surface area (Å²) in [5.41, 5.74) is 1.15. The van der Waals surface area contributed by atoms with Gasteiger partial charge in [0, 0.05) is 19.2 Å². The number of likely N-dealkylation sites (tertiary alicyclic amines) is 1. The molecule has 1 heterocycles. The van der Waals surface area contributed by atoms with Gasteiger partial charge in [-0.1, -0.05) is 31.2 Å². The van der Waals surface area contributed by atoms with Gasteiger partial charge in [0.05, 0.1) is 31.4 Å². The van der Waals surface area contributed by atoms with Gasteiger partial charge in [-0.25, -0.2) is 0 Å². The first-order valence-corrected chi connectivity index (χ1v) is 10.7. The maximum Gasteiger partial charge on any atom is 0.295 e. The fourth-order valence-corrected chi connectivity index (χ4v) is 3.67. The smallest absolute Gasteiger partial charge is 0.295 e. The van der Waals surface area contributed by atoms with E-state index in [4.69, 9.17) is 14.2 Å². The van der Waals surface area contributed by atoms with Crippen molar-refractivity contribution in [3.05, 3.63) is 65.2 Å². The number of benzene rings is 2. The van der Waals surface area contributed by atoms with Crippen LogP contribution < -0.4 is 9.47 Å². The van der Waals surface area contributed by atoms with Crippen LogP contribution in [0.3, 0.4) is 0 Å². The number of aliphatic hydroxyl groups is 1. The molecule has 1 N–H and O–H groups in total. The van der Waals surface area contributed by atoms with Crippen molar-refractivity contribution >= 4 is 17.4 Å². The molecule has 3 rings (SSSR count). The Balaban J connectivity index is 2.07. The van der Waals surface area contributed by atoms with Crippen LogP contribution in [0.5, 0.6) is 11.5 Å². The van der Waals surface area contributed by atoms with Gasteiger partial charge in [0.25, 0.3) is 11.7 Å². The lowest BCUT2D eigenvalue weighted by molar-refractivity contribution is -0.140. The summed E-state index contributed by atoms with van der Waals surface area (Å²) < 4.78 is 16.3. The van der Waals surface area contributed by atoms with Crippen LogP contribution in [0.1, 0.15) is 37.4 Å². The molecular formula is C25H29NO6. The Kier molecular flexibility index (Phi) is 7.89. The van der Waals surface area contributed by atoms with Crippen LogP contribution in [-0.2, 0) is 14.3 Å². The molecule has 2 aromatic rings. The monoisotopic (exact) mass is 439 g/mol. The van der Waals surface area contributed by atoms with Gasteiger partial charge in [0.1, 0.15) is 17.3 Å². The molecule has 1 atom stereocenters. The highest BCUT2D eigenvalue weighted by Gasteiger charge is 2.45. The number of nitrogens with zero attached hydrogens (tertiary/aromatic N) is 1. The molecule has 7 nitrogen and oxygen atoms in total. The highest BCUT2D eigenvalue weighted by atomic mass is 16.5. The molecule has 1 fully saturated rings. The molecule has 170 valence electrons. The summed E-state index contributed by atoms with van der Waals surface area (Å²) in [6.07, 6.45) is 0.889. The summed E-state index contributed by atoms with van der Waals surface area (Å²) >= 11 is 0. The molecule has 0 bridgehead atoms. The zero-order valence-electron chi connectivity index (χ0n) is 18.7. The van der Waals surface area contributed by atoms with Gasteiger partial charge < -0.3 is 24.2 Å². The number of ether oxygens (including phenoxy) is 3. The summed E-state index contributed by atoms with van der Waals surface area (Å²) in [6, 6.07) is 13.3. The molecule has 0 aromatic heterocycles. The lowest BCUT2D eigenvalue weighted by Gasteiger charge is -2.25. The molecule has 0 aliphatic carbocycles. The topological polar surface area (TPSA) is 85.3 Å². The van der Waals surface area contributed by atoms with Gasteiger partial charge in [-0.15, -0.1) is 0 Å². The zero-order chi connectivity index (χ0) is 23.1. The lowest BCUT2D eigenvalue weighted by Crippen LogP contribution is -2.32. The van der Waals surface area contributed by atoms with Crippen LogP contribution >= 0.6 is 0 Å². The molecule has 0 saturated carbocycles. The van der Waals surface area contributed by atoms with E-state index in [9.17, 15) is 14.7 Å². The van der Waals surface area contributed by atoms with Crippen LogP contribution in [0.2, 0.25) is 0 Å². The Bertz CT molecular complexity index is 982. The van der Waals surface area contributed by atoms with Crippen molar-refractivity contribution in [3.63, 3.8) is 0 Å². The summed E-state index contributed by atoms with van der Waals surface area (Å²) in [6.45, 7) is 5.44. The van der Waals surface area contributed by atoms with Crippen molar-refractivity contribution in [2.24, 2.45) is 0 Å². The highest BCUT2D eigenvalue weighted by Crippen LogP contribution is 2.40. The highest BCUT2D eigenvalue weighted by molar-refractivity contribution is 6.46. The number of amides is 1. The number of hydrogen-bond donors (Lipinski definition) is 1. The molecule has 1 aliphatic rings. The number of hydrogen-bond acceptors (Lipinski definition) is 6. The zero-order valence-corrected chi connectivity index (χ0v) is 18.7. The van der Waals surface area contributed by atoms with E-state index in [1.54, 1.807) is 36.4 Å². The molecule has 7 heteroatoms. The van der Waals surface area contributed by atoms with Crippen molar-refractivity contribution in [2.45, 2.75) is 26.3 Å². The summed E-state index contributed by atoms with van der Waals surface area (Å²) in [5.74, 6) is -0.355. The van der Waals surface area contributed by atoms with Gasteiger partial charge in [0.2, 0.25) is 0 Å². The van der Waals surface area contributed by atoms with Crippen LogP contribution in [-0.4, -0.2) is 55.2 Å². The molecule has 1 unspecified atom stereocenters. The normalized spacial score (nSPS) is 17.6. The standard InChI is InChI=1S/C25H29NO6/c1-4-14-32-19-11-9-17(10-12-19)22-21(24(28)25(29)26(22)13-15-30-3)23(27)18-7-6-8-20(16-18)31-5-2/h6-12,16,22,27H,4-5,13-15H2,1-3H3. The van der Waals surface area contributed by atoms with Crippen molar-refractivity contribution in [1.82, 2.24) is 4.90 Å². The Morgan fingerprint density at radius 2 is 1.75 bits per heavy atom. The van der Waals surface area contributed by atoms with Gasteiger partial charge in [-0.05, 0) is 43.2 Å². The third-order valence-corrected chi connectivity index (χ3v) is 5.16. The number of Topliss-reactive ketones (excluding diaryl/α,β-unsaturated/α-hetero) is 1. The van der Waals surface area contributed by atoms with E-state index >= 15 is 0 Å². The fourth-order valence-electron chi connectivity index (χ4n) is 3.67. The van der Waals surface area contributed by atoms with Gasteiger partial charge in [-0.3, -0.25) is 9.59 Å². The van der Waals surface area contributed by atoms with Crippen molar-refractivity contribution in [2.75, 3.05) is 33.5 Å². The van der Waals surface area contributed by atoms with Crippen molar-refractivity contribution < 1.29 is 28.9 Å². The number of rotatable bonds is 10. The Morgan fingerprint density at radius 3 is 2.41 bits per heavy atom. The van der Waals surface area contributed by atoms with E-state index < -0.39 is 17.7 Å². The second-order valence-electron chi connectivity index (χ2n) is 7.36. The summed E-state index contributed by atoms with van der Waals surface area (Å²) in [5, 5.41) is 11.1. The Labute approximate surface area is 188 Å². The molecule has 1 saturated heterocycles. The first kappa shape index (κ1) is 23.3.